The molecule has 2 amide bonds. The van der Waals surface area contributed by atoms with Crippen LogP contribution in [0, 0.1) is 0 Å². The molecule has 1 aliphatic heterocycles. The molecule has 162 valence electrons. The summed E-state index contributed by atoms with van der Waals surface area (Å²) in [6.07, 6.45) is 1.93. The van der Waals surface area contributed by atoms with Crippen molar-refractivity contribution in [3.8, 4) is 0 Å². The number of carbonyl (C=O) groups is 2. The minimum atomic E-state index is -0.0673. The molecule has 29 heavy (non-hydrogen) atoms. The lowest BCUT2D eigenvalue weighted by molar-refractivity contribution is -0.137. The monoisotopic (exact) mass is 422 g/mol. The average molecular weight is 423 g/mol. The van der Waals surface area contributed by atoms with Crippen LogP contribution in [0.1, 0.15) is 40.5 Å². The van der Waals surface area contributed by atoms with Gasteiger partial charge in [0.15, 0.2) is 0 Å². The first-order valence-electron chi connectivity index (χ1n) is 10.7. The van der Waals surface area contributed by atoms with E-state index in [1.165, 1.54) is 0 Å². The van der Waals surface area contributed by atoms with Gasteiger partial charge in [-0.3, -0.25) is 19.4 Å². The predicted molar refractivity (Wildman–Crippen MR) is 119 cm³/mol. The maximum absolute atomic E-state index is 12.9. The quantitative estimate of drug-likeness (QED) is 0.663. The summed E-state index contributed by atoms with van der Waals surface area (Å²) in [5, 5.41) is 3.40. The smallest absolute Gasteiger partial charge is 0.238 e. The molecule has 0 radical (unpaired) electrons. The maximum Gasteiger partial charge on any atom is 0.238 e. The van der Waals surface area contributed by atoms with Crippen LogP contribution in [0.3, 0.4) is 0 Å². The third kappa shape index (κ3) is 6.98. The van der Waals surface area contributed by atoms with Crippen molar-refractivity contribution in [1.82, 2.24) is 14.7 Å². The second-order valence-corrected chi connectivity index (χ2v) is 8.30. The van der Waals surface area contributed by atoms with Gasteiger partial charge < -0.3 is 10.2 Å². The lowest BCUT2D eigenvalue weighted by Crippen LogP contribution is -2.53. The topological polar surface area (TPSA) is 55.9 Å². The van der Waals surface area contributed by atoms with Crippen LogP contribution in [0.5, 0.6) is 0 Å². The average Bonchev–Trinajstić information content (AvgIpc) is 2.71. The molecular weight excluding hydrogens is 388 g/mol. The Morgan fingerprint density at radius 3 is 2.03 bits per heavy atom. The highest BCUT2D eigenvalue weighted by atomic mass is 35.5. The van der Waals surface area contributed by atoms with Crippen molar-refractivity contribution in [2.75, 3.05) is 44.6 Å². The van der Waals surface area contributed by atoms with E-state index in [0.717, 1.165) is 39.0 Å². The molecule has 1 aromatic carbocycles. The number of anilines is 1. The molecule has 2 atom stereocenters. The molecule has 6 nitrogen and oxygen atoms in total. The Kier molecular flexibility index (Phi) is 9.40. The van der Waals surface area contributed by atoms with Gasteiger partial charge >= 0.3 is 0 Å². The lowest BCUT2D eigenvalue weighted by atomic mass is 10.1. The zero-order valence-corrected chi connectivity index (χ0v) is 18.9. The maximum atomic E-state index is 12.9. The number of benzene rings is 1. The SMILES string of the molecule is CC[C@@H](C)N(C(=O)CN1CCN(CC(=O)Nc2ccccc2Cl)CC1)[C@H](C)CC. The van der Waals surface area contributed by atoms with Crippen LogP contribution < -0.4 is 5.32 Å². The third-order valence-corrected chi connectivity index (χ3v) is 6.09. The molecule has 0 spiro atoms. The van der Waals surface area contributed by atoms with Gasteiger partial charge in [-0.25, -0.2) is 0 Å². The molecule has 1 fully saturated rings. The molecule has 0 aliphatic carbocycles. The van der Waals surface area contributed by atoms with E-state index in [2.05, 4.69) is 42.8 Å². The molecule has 1 aliphatic rings. The fourth-order valence-electron chi connectivity index (χ4n) is 3.65. The summed E-state index contributed by atoms with van der Waals surface area (Å²) >= 11 is 6.10. The van der Waals surface area contributed by atoms with Crippen molar-refractivity contribution in [2.24, 2.45) is 0 Å². The van der Waals surface area contributed by atoms with Crippen LogP contribution >= 0.6 is 11.6 Å². The summed E-state index contributed by atoms with van der Waals surface area (Å²) < 4.78 is 0. The van der Waals surface area contributed by atoms with Crippen molar-refractivity contribution in [3.05, 3.63) is 29.3 Å². The number of nitrogens with zero attached hydrogens (tertiary/aromatic N) is 3. The highest BCUT2D eigenvalue weighted by molar-refractivity contribution is 6.33. The summed E-state index contributed by atoms with van der Waals surface area (Å²) in [5.41, 5.74) is 0.638. The summed E-state index contributed by atoms with van der Waals surface area (Å²) in [6, 6.07) is 7.75. The molecule has 1 heterocycles. The van der Waals surface area contributed by atoms with Gasteiger partial charge in [-0.1, -0.05) is 37.6 Å². The first-order chi connectivity index (χ1) is 13.8. The molecular formula is C22H35ClN4O2. The second kappa shape index (κ2) is 11.5. The van der Waals surface area contributed by atoms with Crippen molar-refractivity contribution >= 4 is 29.1 Å². The highest BCUT2D eigenvalue weighted by Crippen LogP contribution is 2.20. The molecule has 1 aromatic rings. The van der Waals surface area contributed by atoms with Crippen LogP contribution in [0.15, 0.2) is 24.3 Å². The predicted octanol–water partition coefficient (Wildman–Crippen LogP) is 3.32. The van der Waals surface area contributed by atoms with Crippen LogP contribution in [0.25, 0.3) is 0 Å². The number of hydrogen-bond acceptors (Lipinski definition) is 4. The summed E-state index contributed by atoms with van der Waals surface area (Å²) in [6.45, 7) is 12.4. The Morgan fingerprint density at radius 1 is 1.00 bits per heavy atom. The summed E-state index contributed by atoms with van der Waals surface area (Å²) in [4.78, 5) is 31.6. The standard InChI is InChI=1S/C22H35ClN4O2/c1-5-17(3)27(18(4)6-2)22(29)16-26-13-11-25(12-14-26)15-21(28)24-20-10-8-7-9-19(20)23/h7-10,17-18H,5-6,11-16H2,1-4H3,(H,24,28)/t17-,18-/m1/s1. The van der Waals surface area contributed by atoms with Gasteiger partial charge in [0.1, 0.15) is 0 Å². The highest BCUT2D eigenvalue weighted by Gasteiger charge is 2.27. The van der Waals surface area contributed by atoms with E-state index in [1.807, 2.05) is 17.0 Å². The zero-order valence-electron chi connectivity index (χ0n) is 18.2. The van der Waals surface area contributed by atoms with Crippen molar-refractivity contribution in [3.63, 3.8) is 0 Å². The fourth-order valence-corrected chi connectivity index (χ4v) is 3.84. The van der Waals surface area contributed by atoms with Gasteiger partial charge in [0.2, 0.25) is 11.8 Å². The van der Waals surface area contributed by atoms with Crippen LogP contribution in [0.4, 0.5) is 5.69 Å². The number of para-hydroxylation sites is 1. The van der Waals surface area contributed by atoms with Crippen LogP contribution in [-0.2, 0) is 9.59 Å². The van der Waals surface area contributed by atoms with E-state index in [-0.39, 0.29) is 23.9 Å². The van der Waals surface area contributed by atoms with Gasteiger partial charge in [0.05, 0.1) is 23.8 Å². The first kappa shape index (κ1) is 23.6. The van der Waals surface area contributed by atoms with E-state index in [4.69, 9.17) is 11.6 Å². The molecule has 7 heteroatoms. The largest absolute Gasteiger partial charge is 0.336 e. The Bertz CT molecular complexity index is 667. The van der Waals surface area contributed by atoms with Gasteiger partial charge in [-0.2, -0.15) is 0 Å². The Hall–Kier alpha value is -1.63. The molecule has 0 unspecified atom stereocenters. The number of halogens is 1. The Morgan fingerprint density at radius 2 is 1.52 bits per heavy atom. The van der Waals surface area contributed by atoms with Gasteiger partial charge in [-0.05, 0) is 38.8 Å². The zero-order chi connectivity index (χ0) is 21.4. The number of amides is 2. The van der Waals surface area contributed by atoms with Crippen LogP contribution in [-0.4, -0.2) is 77.9 Å². The molecule has 0 aromatic heterocycles. The first-order valence-corrected chi connectivity index (χ1v) is 11.0. The molecule has 2 rings (SSSR count). The number of nitrogens with one attached hydrogen (secondary N) is 1. The van der Waals surface area contributed by atoms with E-state index >= 15 is 0 Å². The lowest BCUT2D eigenvalue weighted by Gasteiger charge is -2.38. The Labute approximate surface area is 180 Å². The second-order valence-electron chi connectivity index (χ2n) is 7.90. The van der Waals surface area contributed by atoms with Gasteiger partial charge in [0.25, 0.3) is 0 Å². The van der Waals surface area contributed by atoms with Crippen molar-refractivity contribution < 1.29 is 9.59 Å². The fraction of sp³-hybridized carbons (Fsp3) is 0.636. The van der Waals surface area contributed by atoms with E-state index in [1.54, 1.807) is 12.1 Å². The van der Waals surface area contributed by atoms with Crippen molar-refractivity contribution in [2.45, 2.75) is 52.6 Å². The van der Waals surface area contributed by atoms with Crippen molar-refractivity contribution in [1.29, 1.82) is 0 Å². The minimum Gasteiger partial charge on any atom is -0.336 e. The van der Waals surface area contributed by atoms with Gasteiger partial charge in [0, 0.05) is 38.3 Å². The minimum absolute atomic E-state index is 0.0673. The number of carbonyl (C=O) groups excluding carboxylic acids is 2. The molecule has 0 saturated carbocycles. The number of hydrogen-bond donors (Lipinski definition) is 1. The normalized spacial score (nSPS) is 17.6. The summed E-state index contributed by atoms with van der Waals surface area (Å²) in [7, 11) is 0. The van der Waals surface area contributed by atoms with E-state index in [9.17, 15) is 9.59 Å². The third-order valence-electron chi connectivity index (χ3n) is 5.76. The van der Waals surface area contributed by atoms with Gasteiger partial charge in [-0.15, -0.1) is 0 Å². The number of rotatable bonds is 9. The van der Waals surface area contributed by atoms with Crippen LogP contribution in [0.2, 0.25) is 5.02 Å². The molecule has 0 bridgehead atoms. The molecule has 1 saturated heterocycles. The van der Waals surface area contributed by atoms with E-state index < -0.39 is 0 Å². The Balaban J connectivity index is 1.80. The molecule has 1 N–H and O–H groups in total. The summed E-state index contributed by atoms with van der Waals surface area (Å²) in [5.74, 6) is 0.140. The van der Waals surface area contributed by atoms with E-state index in [0.29, 0.717) is 23.8 Å². The number of piperazine rings is 1.